The number of ether oxygens (including phenoxy) is 3. The molecule has 1 spiro atoms. The molecule has 1 atom stereocenters. The number of carbonyl (C=O) groups excluding carboxylic acids is 1. The van der Waals surface area contributed by atoms with Crippen LogP contribution < -0.4 is 0 Å². The number of hydrogen-bond donors (Lipinski definition) is 0. The third-order valence-corrected chi connectivity index (χ3v) is 5.49. The summed E-state index contributed by atoms with van der Waals surface area (Å²) in [7, 11) is 1.65. The van der Waals surface area contributed by atoms with Crippen LogP contribution in [0.25, 0.3) is 0 Å². The zero-order valence-electron chi connectivity index (χ0n) is 17.0. The van der Waals surface area contributed by atoms with E-state index in [0.29, 0.717) is 45.1 Å². The number of aryl methyl sites for hydroxylation is 1. The van der Waals surface area contributed by atoms with E-state index in [4.69, 9.17) is 14.2 Å². The van der Waals surface area contributed by atoms with Gasteiger partial charge in [-0.15, -0.1) is 0 Å². The predicted octanol–water partition coefficient (Wildman–Crippen LogP) is 1.82. The molecule has 4 heterocycles. The van der Waals surface area contributed by atoms with Crippen molar-refractivity contribution in [3.05, 3.63) is 47.5 Å². The summed E-state index contributed by atoms with van der Waals surface area (Å²) in [5.41, 5.74) is 2.11. The molecule has 2 saturated heterocycles. The van der Waals surface area contributed by atoms with Gasteiger partial charge in [-0.1, -0.05) is 6.07 Å². The first-order valence-electron chi connectivity index (χ1n) is 10.1. The van der Waals surface area contributed by atoms with Crippen LogP contribution >= 0.6 is 0 Å². The van der Waals surface area contributed by atoms with Gasteiger partial charge in [0.15, 0.2) is 0 Å². The first-order valence-corrected chi connectivity index (χ1v) is 10.1. The van der Waals surface area contributed by atoms with E-state index in [2.05, 4.69) is 10.1 Å². The summed E-state index contributed by atoms with van der Waals surface area (Å²) >= 11 is 0. The van der Waals surface area contributed by atoms with Gasteiger partial charge >= 0.3 is 0 Å². The monoisotopic (exact) mass is 400 g/mol. The zero-order valence-corrected chi connectivity index (χ0v) is 17.0. The molecule has 2 aliphatic heterocycles. The lowest BCUT2D eigenvalue weighted by atomic mass is 9.84. The van der Waals surface area contributed by atoms with Gasteiger partial charge in [-0.25, -0.2) is 0 Å². The molecule has 2 fully saturated rings. The quantitative estimate of drug-likeness (QED) is 0.706. The maximum Gasteiger partial charge on any atom is 0.274 e. The summed E-state index contributed by atoms with van der Waals surface area (Å²) in [5, 5.41) is 4.34. The molecule has 2 aliphatic rings. The van der Waals surface area contributed by atoms with E-state index in [0.717, 1.165) is 24.2 Å². The maximum atomic E-state index is 12.7. The van der Waals surface area contributed by atoms with Crippen molar-refractivity contribution in [1.29, 1.82) is 0 Å². The minimum atomic E-state index is -0.294. The van der Waals surface area contributed by atoms with Crippen molar-refractivity contribution in [3.63, 3.8) is 0 Å². The molecular formula is C21H28N4O4. The predicted molar refractivity (Wildman–Crippen MR) is 105 cm³/mol. The van der Waals surface area contributed by atoms with Gasteiger partial charge in [0, 0.05) is 32.0 Å². The van der Waals surface area contributed by atoms with E-state index < -0.39 is 0 Å². The summed E-state index contributed by atoms with van der Waals surface area (Å²) in [6.45, 7) is 5.50. The van der Waals surface area contributed by atoms with Crippen LogP contribution in [0.4, 0.5) is 0 Å². The van der Waals surface area contributed by atoms with Crippen molar-refractivity contribution in [1.82, 2.24) is 19.7 Å². The highest BCUT2D eigenvalue weighted by Crippen LogP contribution is 2.36. The first-order chi connectivity index (χ1) is 14.1. The Balaban J connectivity index is 1.28. The average Bonchev–Trinajstić information content (AvgIpc) is 3.17. The normalized spacial score (nSPS) is 20.6. The van der Waals surface area contributed by atoms with E-state index in [1.165, 1.54) is 0 Å². The molecule has 0 aliphatic carbocycles. The number of hydrogen-bond acceptors (Lipinski definition) is 6. The number of carbonyl (C=O) groups is 1. The van der Waals surface area contributed by atoms with Gasteiger partial charge in [0.2, 0.25) is 0 Å². The van der Waals surface area contributed by atoms with Gasteiger partial charge in [0.05, 0.1) is 44.6 Å². The number of methoxy groups -OCH3 is 1. The van der Waals surface area contributed by atoms with Crippen LogP contribution in [-0.2, 0) is 27.4 Å². The summed E-state index contributed by atoms with van der Waals surface area (Å²) in [4.78, 5) is 19.0. The van der Waals surface area contributed by atoms with Crippen molar-refractivity contribution in [3.8, 4) is 0 Å². The van der Waals surface area contributed by atoms with E-state index >= 15 is 0 Å². The van der Waals surface area contributed by atoms with Gasteiger partial charge in [-0.2, -0.15) is 5.10 Å². The smallest absolute Gasteiger partial charge is 0.274 e. The molecule has 156 valence electrons. The van der Waals surface area contributed by atoms with Gasteiger partial charge in [0.1, 0.15) is 11.3 Å². The van der Waals surface area contributed by atoms with Gasteiger partial charge in [-0.05, 0) is 31.5 Å². The van der Waals surface area contributed by atoms with Crippen molar-refractivity contribution >= 4 is 5.91 Å². The van der Waals surface area contributed by atoms with Crippen LogP contribution in [0.15, 0.2) is 30.5 Å². The first kappa shape index (κ1) is 20.0. The zero-order chi connectivity index (χ0) is 20.3. The number of rotatable bonds is 7. The summed E-state index contributed by atoms with van der Waals surface area (Å²) in [6.07, 6.45) is 3.59. The standard InChI is InChI=1S/C21H28N4O4/c1-16-4-3-5-17(22-16)13-28-18-7-10-29-21(12-18)14-24(15-21)20(26)19-6-8-25(23-19)9-11-27-2/h3-6,8,18H,7,9-15H2,1-2H3. The summed E-state index contributed by atoms with van der Waals surface area (Å²) in [6, 6.07) is 7.72. The topological polar surface area (TPSA) is 78.7 Å². The second-order valence-corrected chi connectivity index (χ2v) is 7.85. The third kappa shape index (κ3) is 4.66. The molecule has 1 unspecified atom stereocenters. The lowest BCUT2D eigenvalue weighted by Crippen LogP contribution is -2.67. The van der Waals surface area contributed by atoms with Crippen molar-refractivity contribution < 1.29 is 19.0 Å². The molecule has 2 aromatic rings. The fourth-order valence-corrected chi connectivity index (χ4v) is 3.97. The SMILES string of the molecule is COCCn1ccc(C(=O)N2CC3(CC(OCc4cccc(C)n4)CCO3)C2)n1. The lowest BCUT2D eigenvalue weighted by Gasteiger charge is -2.52. The third-order valence-electron chi connectivity index (χ3n) is 5.49. The van der Waals surface area contributed by atoms with Crippen LogP contribution in [0.1, 0.15) is 34.7 Å². The van der Waals surface area contributed by atoms with Gasteiger partial charge in [-0.3, -0.25) is 14.5 Å². The largest absolute Gasteiger partial charge is 0.383 e. The fraction of sp³-hybridized carbons (Fsp3) is 0.571. The van der Waals surface area contributed by atoms with Gasteiger partial charge < -0.3 is 19.1 Å². The molecule has 29 heavy (non-hydrogen) atoms. The van der Waals surface area contributed by atoms with Crippen molar-refractivity contribution in [2.75, 3.05) is 33.4 Å². The average molecular weight is 400 g/mol. The van der Waals surface area contributed by atoms with E-state index in [9.17, 15) is 4.79 Å². The molecular weight excluding hydrogens is 372 g/mol. The Morgan fingerprint density at radius 3 is 3.00 bits per heavy atom. The molecule has 0 bridgehead atoms. The van der Waals surface area contributed by atoms with Crippen molar-refractivity contribution in [2.24, 2.45) is 0 Å². The molecule has 0 aromatic carbocycles. The highest BCUT2D eigenvalue weighted by atomic mass is 16.5. The highest BCUT2D eigenvalue weighted by molar-refractivity contribution is 5.93. The molecule has 2 aromatic heterocycles. The van der Waals surface area contributed by atoms with Crippen molar-refractivity contribution in [2.45, 2.75) is 44.6 Å². The van der Waals surface area contributed by atoms with Crippen LogP contribution in [-0.4, -0.2) is 70.7 Å². The summed E-state index contributed by atoms with van der Waals surface area (Å²) in [5.74, 6) is -0.0533. The number of amides is 1. The minimum Gasteiger partial charge on any atom is -0.383 e. The molecule has 4 rings (SSSR count). The molecule has 8 heteroatoms. The fourth-order valence-electron chi connectivity index (χ4n) is 3.97. The Labute approximate surface area is 170 Å². The van der Waals surface area contributed by atoms with Crippen LogP contribution in [0, 0.1) is 6.92 Å². The molecule has 0 N–H and O–H groups in total. The highest BCUT2D eigenvalue weighted by Gasteiger charge is 2.50. The molecule has 1 amide bonds. The summed E-state index contributed by atoms with van der Waals surface area (Å²) < 4.78 is 18.9. The molecule has 0 saturated carbocycles. The minimum absolute atomic E-state index is 0.0533. The maximum absolute atomic E-state index is 12.7. The van der Waals surface area contributed by atoms with E-state index in [1.54, 1.807) is 22.8 Å². The van der Waals surface area contributed by atoms with E-state index in [1.807, 2.05) is 31.3 Å². The Morgan fingerprint density at radius 2 is 2.21 bits per heavy atom. The lowest BCUT2D eigenvalue weighted by molar-refractivity contribution is -0.188. The Kier molecular flexibility index (Phi) is 5.94. The number of nitrogens with zero attached hydrogens (tertiary/aromatic N) is 4. The van der Waals surface area contributed by atoms with Gasteiger partial charge in [0.25, 0.3) is 5.91 Å². The second-order valence-electron chi connectivity index (χ2n) is 7.85. The number of likely N-dealkylation sites (tertiary alicyclic amines) is 1. The number of aromatic nitrogens is 3. The Hall–Kier alpha value is -2.29. The number of pyridine rings is 1. The van der Waals surface area contributed by atoms with Crippen LogP contribution in [0.5, 0.6) is 0 Å². The second kappa shape index (κ2) is 8.61. The molecule has 8 nitrogen and oxygen atoms in total. The van der Waals surface area contributed by atoms with Crippen LogP contribution in [0.3, 0.4) is 0 Å². The van der Waals surface area contributed by atoms with E-state index in [-0.39, 0.29) is 17.6 Å². The van der Waals surface area contributed by atoms with Crippen LogP contribution in [0.2, 0.25) is 0 Å². The Bertz CT molecular complexity index is 847. The molecule has 0 radical (unpaired) electrons. The Morgan fingerprint density at radius 1 is 1.34 bits per heavy atom.